The molecule has 2 N–H and O–H groups in total. The van der Waals surface area contributed by atoms with E-state index in [1.165, 1.54) is 11.3 Å². The predicted molar refractivity (Wildman–Crippen MR) is 76.9 cm³/mol. The Morgan fingerprint density at radius 1 is 1.29 bits per heavy atom. The maximum atomic E-state index is 6.03. The van der Waals surface area contributed by atoms with Crippen LogP contribution >= 0.6 is 11.6 Å². The molecule has 0 saturated heterocycles. The summed E-state index contributed by atoms with van der Waals surface area (Å²) >= 11 is 6.03. The molecule has 0 aliphatic rings. The van der Waals surface area contributed by atoms with Crippen molar-refractivity contribution in [3.05, 3.63) is 28.8 Å². The van der Waals surface area contributed by atoms with Crippen LogP contribution < -0.4 is 10.6 Å². The fraction of sp³-hybridized carbons (Fsp3) is 0.571. The maximum Gasteiger partial charge on any atom is 0.0410 e. The molecule has 0 unspecified atom stereocenters. The number of rotatable bonds is 4. The third-order valence-electron chi connectivity index (χ3n) is 2.58. The Hall–Kier alpha value is -0.730. The second-order valence-electron chi connectivity index (χ2n) is 5.73. The van der Waals surface area contributed by atoms with Gasteiger partial charge in [0.05, 0.1) is 0 Å². The molecular formula is C14H23ClN2. The Balaban J connectivity index is 2.95. The fourth-order valence-corrected chi connectivity index (χ4v) is 2.27. The second kappa shape index (κ2) is 5.74. The Kier molecular flexibility index (Phi) is 4.84. The molecule has 0 amide bonds. The number of hydrogen-bond donors (Lipinski definition) is 1. The van der Waals surface area contributed by atoms with Crippen LogP contribution in [-0.2, 0) is 6.42 Å². The average molecular weight is 255 g/mol. The average Bonchev–Trinajstić information content (AvgIpc) is 2.15. The van der Waals surface area contributed by atoms with Gasteiger partial charge in [-0.05, 0) is 42.1 Å². The molecule has 17 heavy (non-hydrogen) atoms. The quantitative estimate of drug-likeness (QED) is 0.893. The summed E-state index contributed by atoms with van der Waals surface area (Å²) in [7, 11) is 2.12. The predicted octanol–water partition coefficient (Wildman–Crippen LogP) is 3.32. The Labute approximate surface area is 110 Å². The van der Waals surface area contributed by atoms with Gasteiger partial charge in [-0.15, -0.1) is 0 Å². The first-order chi connectivity index (χ1) is 7.83. The van der Waals surface area contributed by atoms with Crippen LogP contribution in [0.25, 0.3) is 0 Å². The topological polar surface area (TPSA) is 29.3 Å². The van der Waals surface area contributed by atoms with Crippen LogP contribution in [0.4, 0.5) is 5.69 Å². The zero-order valence-corrected chi connectivity index (χ0v) is 12.0. The first-order valence-corrected chi connectivity index (χ1v) is 6.41. The van der Waals surface area contributed by atoms with Crippen molar-refractivity contribution in [3.8, 4) is 0 Å². The normalized spacial score (nSPS) is 11.6. The van der Waals surface area contributed by atoms with Gasteiger partial charge in [-0.3, -0.25) is 0 Å². The Morgan fingerprint density at radius 3 is 2.47 bits per heavy atom. The van der Waals surface area contributed by atoms with E-state index in [1.54, 1.807) is 0 Å². The van der Waals surface area contributed by atoms with Gasteiger partial charge in [0, 0.05) is 24.3 Å². The summed E-state index contributed by atoms with van der Waals surface area (Å²) in [6.07, 6.45) is 0.865. The van der Waals surface area contributed by atoms with E-state index < -0.39 is 0 Å². The monoisotopic (exact) mass is 254 g/mol. The van der Waals surface area contributed by atoms with Crippen molar-refractivity contribution in [1.29, 1.82) is 0 Å². The van der Waals surface area contributed by atoms with Gasteiger partial charge in [0.25, 0.3) is 0 Å². The van der Waals surface area contributed by atoms with Gasteiger partial charge in [-0.1, -0.05) is 32.4 Å². The highest BCUT2D eigenvalue weighted by atomic mass is 35.5. The minimum Gasteiger partial charge on any atom is -0.374 e. The number of halogens is 1. The molecule has 0 saturated carbocycles. The lowest BCUT2D eigenvalue weighted by atomic mass is 9.95. The van der Waals surface area contributed by atoms with Crippen LogP contribution in [0.15, 0.2) is 18.2 Å². The molecule has 0 aliphatic carbocycles. The summed E-state index contributed by atoms with van der Waals surface area (Å²) in [6.45, 7) is 8.37. The van der Waals surface area contributed by atoms with Gasteiger partial charge in [0.15, 0.2) is 0 Å². The summed E-state index contributed by atoms with van der Waals surface area (Å²) in [5.74, 6) is 0. The summed E-state index contributed by atoms with van der Waals surface area (Å²) < 4.78 is 0. The van der Waals surface area contributed by atoms with Gasteiger partial charge in [-0.25, -0.2) is 0 Å². The van der Waals surface area contributed by atoms with Crippen molar-refractivity contribution < 1.29 is 0 Å². The lowest BCUT2D eigenvalue weighted by molar-refractivity contribution is 0.418. The molecule has 1 aromatic rings. The van der Waals surface area contributed by atoms with E-state index in [4.69, 9.17) is 17.3 Å². The highest BCUT2D eigenvalue weighted by Gasteiger charge is 2.16. The first-order valence-electron chi connectivity index (χ1n) is 6.03. The number of anilines is 1. The zero-order valence-electron chi connectivity index (χ0n) is 11.3. The van der Waals surface area contributed by atoms with Gasteiger partial charge in [-0.2, -0.15) is 0 Å². The van der Waals surface area contributed by atoms with E-state index in [1.807, 2.05) is 12.1 Å². The maximum absolute atomic E-state index is 6.03. The highest BCUT2D eigenvalue weighted by molar-refractivity contribution is 6.30. The summed E-state index contributed by atoms with van der Waals surface area (Å²) in [5.41, 5.74) is 8.38. The summed E-state index contributed by atoms with van der Waals surface area (Å²) in [4.78, 5) is 2.28. The lowest BCUT2D eigenvalue weighted by Crippen LogP contribution is -2.30. The first kappa shape index (κ1) is 14.3. The smallest absolute Gasteiger partial charge is 0.0410 e. The molecule has 0 aliphatic heterocycles. The SMILES string of the molecule is CN(CC(C)(C)C)c1ccc(Cl)cc1CCN. The van der Waals surface area contributed by atoms with E-state index in [0.29, 0.717) is 6.54 Å². The van der Waals surface area contributed by atoms with Crippen LogP contribution in [0.5, 0.6) is 0 Å². The molecule has 1 rings (SSSR count). The summed E-state index contributed by atoms with van der Waals surface area (Å²) in [6, 6.07) is 6.04. The molecule has 3 heteroatoms. The minimum atomic E-state index is 0.272. The number of hydrogen-bond acceptors (Lipinski definition) is 2. The summed E-state index contributed by atoms with van der Waals surface area (Å²) in [5, 5.41) is 0.779. The van der Waals surface area contributed by atoms with Crippen LogP contribution in [-0.4, -0.2) is 20.1 Å². The van der Waals surface area contributed by atoms with Gasteiger partial charge < -0.3 is 10.6 Å². The molecule has 2 nitrogen and oxygen atoms in total. The number of benzene rings is 1. The van der Waals surface area contributed by atoms with Crippen LogP contribution in [0.3, 0.4) is 0 Å². The van der Waals surface area contributed by atoms with E-state index in [-0.39, 0.29) is 5.41 Å². The zero-order chi connectivity index (χ0) is 13.1. The van der Waals surface area contributed by atoms with Crippen molar-refractivity contribution in [2.45, 2.75) is 27.2 Å². The molecule has 0 fully saturated rings. The Morgan fingerprint density at radius 2 is 1.94 bits per heavy atom. The fourth-order valence-electron chi connectivity index (χ4n) is 2.08. The highest BCUT2D eigenvalue weighted by Crippen LogP contribution is 2.26. The largest absolute Gasteiger partial charge is 0.374 e. The van der Waals surface area contributed by atoms with E-state index >= 15 is 0 Å². The van der Waals surface area contributed by atoms with Crippen molar-refractivity contribution >= 4 is 17.3 Å². The van der Waals surface area contributed by atoms with E-state index in [0.717, 1.165) is 18.0 Å². The van der Waals surface area contributed by atoms with Gasteiger partial charge in [0.1, 0.15) is 0 Å². The van der Waals surface area contributed by atoms with Crippen molar-refractivity contribution in [1.82, 2.24) is 0 Å². The molecule has 1 aromatic carbocycles. The molecular weight excluding hydrogens is 232 g/mol. The lowest BCUT2D eigenvalue weighted by Gasteiger charge is -2.30. The molecule has 0 spiro atoms. The standard InChI is InChI=1S/C14H23ClN2/c1-14(2,3)10-17(4)13-6-5-12(15)9-11(13)7-8-16/h5-6,9H,7-8,10,16H2,1-4H3. The van der Waals surface area contributed by atoms with Crippen molar-refractivity contribution in [2.75, 3.05) is 25.0 Å². The number of nitrogens with zero attached hydrogens (tertiary/aromatic N) is 1. The second-order valence-corrected chi connectivity index (χ2v) is 6.16. The number of nitrogens with two attached hydrogens (primary N) is 1. The Bertz CT molecular complexity index is 369. The van der Waals surface area contributed by atoms with Gasteiger partial charge >= 0.3 is 0 Å². The molecule has 0 atom stereocenters. The molecule has 0 heterocycles. The third-order valence-corrected chi connectivity index (χ3v) is 2.81. The van der Waals surface area contributed by atoms with Crippen molar-refractivity contribution in [2.24, 2.45) is 11.1 Å². The van der Waals surface area contributed by atoms with Crippen LogP contribution in [0.2, 0.25) is 5.02 Å². The molecule has 0 aromatic heterocycles. The molecule has 0 bridgehead atoms. The molecule has 96 valence electrons. The minimum absolute atomic E-state index is 0.272. The van der Waals surface area contributed by atoms with Gasteiger partial charge in [0.2, 0.25) is 0 Å². The molecule has 0 radical (unpaired) electrons. The van der Waals surface area contributed by atoms with Crippen LogP contribution in [0, 0.1) is 5.41 Å². The van der Waals surface area contributed by atoms with E-state index in [9.17, 15) is 0 Å². The van der Waals surface area contributed by atoms with E-state index in [2.05, 4.69) is 38.8 Å². The van der Waals surface area contributed by atoms with Crippen LogP contribution in [0.1, 0.15) is 26.3 Å². The van der Waals surface area contributed by atoms with Crippen molar-refractivity contribution in [3.63, 3.8) is 0 Å². The third kappa shape index (κ3) is 4.57.